The molecule has 0 aliphatic carbocycles. The van der Waals surface area contributed by atoms with Crippen LogP contribution in [0.2, 0.25) is 0 Å². The average Bonchev–Trinajstić information content (AvgIpc) is 2.41. The normalized spacial score (nSPS) is 14.0. The summed E-state index contributed by atoms with van der Waals surface area (Å²) in [4.78, 5) is 4.61. The average molecular weight is 254 g/mol. The number of hydrogen-bond donors (Lipinski definition) is 1. The maximum Gasteiger partial charge on any atom is 0.136 e. The van der Waals surface area contributed by atoms with Gasteiger partial charge in [0, 0.05) is 16.9 Å². The third-order valence-corrected chi connectivity index (χ3v) is 3.42. The SMILES string of the molecule is Cc1ccc(Nc2nc(C)cc3c2COCC3)cc1. The Labute approximate surface area is 113 Å². The highest BCUT2D eigenvalue weighted by Crippen LogP contribution is 2.26. The second-order valence-electron chi connectivity index (χ2n) is 5.04. The first-order chi connectivity index (χ1) is 9.22. The molecule has 0 amide bonds. The molecule has 3 heteroatoms. The summed E-state index contributed by atoms with van der Waals surface area (Å²) >= 11 is 0. The van der Waals surface area contributed by atoms with E-state index in [1.54, 1.807) is 0 Å². The van der Waals surface area contributed by atoms with Crippen molar-refractivity contribution in [2.45, 2.75) is 26.9 Å². The van der Waals surface area contributed by atoms with Crippen LogP contribution in [-0.4, -0.2) is 11.6 Å². The first-order valence-corrected chi connectivity index (χ1v) is 6.63. The van der Waals surface area contributed by atoms with Gasteiger partial charge < -0.3 is 10.1 Å². The van der Waals surface area contributed by atoms with Gasteiger partial charge in [-0.1, -0.05) is 17.7 Å². The van der Waals surface area contributed by atoms with Crippen molar-refractivity contribution >= 4 is 11.5 Å². The lowest BCUT2D eigenvalue weighted by Gasteiger charge is -2.20. The van der Waals surface area contributed by atoms with Crippen LogP contribution in [0.3, 0.4) is 0 Å². The van der Waals surface area contributed by atoms with Crippen LogP contribution in [0.15, 0.2) is 30.3 Å². The van der Waals surface area contributed by atoms with Crippen molar-refractivity contribution in [2.24, 2.45) is 0 Å². The molecular formula is C16H18N2O. The van der Waals surface area contributed by atoms with Crippen molar-refractivity contribution in [1.82, 2.24) is 4.98 Å². The summed E-state index contributed by atoms with van der Waals surface area (Å²) in [7, 11) is 0. The Morgan fingerprint density at radius 1 is 1.16 bits per heavy atom. The van der Waals surface area contributed by atoms with Gasteiger partial charge >= 0.3 is 0 Å². The van der Waals surface area contributed by atoms with E-state index in [9.17, 15) is 0 Å². The number of nitrogens with one attached hydrogen (secondary N) is 1. The Bertz CT molecular complexity index is 590. The number of benzene rings is 1. The number of rotatable bonds is 2. The summed E-state index contributed by atoms with van der Waals surface area (Å²) < 4.78 is 5.55. The van der Waals surface area contributed by atoms with Crippen LogP contribution < -0.4 is 5.32 Å². The van der Waals surface area contributed by atoms with Crippen molar-refractivity contribution < 1.29 is 4.74 Å². The predicted molar refractivity (Wildman–Crippen MR) is 76.8 cm³/mol. The van der Waals surface area contributed by atoms with Gasteiger partial charge in [-0.25, -0.2) is 4.98 Å². The molecule has 2 heterocycles. The maximum atomic E-state index is 5.55. The van der Waals surface area contributed by atoms with E-state index >= 15 is 0 Å². The third kappa shape index (κ3) is 2.61. The van der Waals surface area contributed by atoms with Gasteiger partial charge in [-0.3, -0.25) is 0 Å². The van der Waals surface area contributed by atoms with E-state index in [1.165, 1.54) is 16.7 Å². The lowest BCUT2D eigenvalue weighted by molar-refractivity contribution is 0.111. The van der Waals surface area contributed by atoms with E-state index in [-0.39, 0.29) is 0 Å². The summed E-state index contributed by atoms with van der Waals surface area (Å²) in [5.74, 6) is 0.929. The zero-order valence-electron chi connectivity index (χ0n) is 11.4. The van der Waals surface area contributed by atoms with Gasteiger partial charge in [0.05, 0.1) is 13.2 Å². The van der Waals surface area contributed by atoms with Gasteiger partial charge in [0.2, 0.25) is 0 Å². The van der Waals surface area contributed by atoms with Gasteiger partial charge in [0.15, 0.2) is 0 Å². The first-order valence-electron chi connectivity index (χ1n) is 6.63. The smallest absolute Gasteiger partial charge is 0.136 e. The summed E-state index contributed by atoms with van der Waals surface area (Å²) in [6.45, 7) is 5.58. The summed E-state index contributed by atoms with van der Waals surface area (Å²) in [5.41, 5.74) is 5.92. The lowest BCUT2D eigenvalue weighted by atomic mass is 10.0. The highest BCUT2D eigenvalue weighted by Gasteiger charge is 2.15. The van der Waals surface area contributed by atoms with Crippen LogP contribution in [0.1, 0.15) is 22.4 Å². The molecule has 1 aromatic carbocycles. The van der Waals surface area contributed by atoms with Crippen molar-refractivity contribution in [3.8, 4) is 0 Å². The number of aryl methyl sites for hydroxylation is 2. The molecule has 0 fully saturated rings. The number of fused-ring (bicyclic) bond motifs is 1. The van der Waals surface area contributed by atoms with Gasteiger partial charge in [-0.2, -0.15) is 0 Å². The van der Waals surface area contributed by atoms with E-state index in [2.05, 4.69) is 47.6 Å². The number of aromatic nitrogens is 1. The Hall–Kier alpha value is -1.87. The van der Waals surface area contributed by atoms with Crippen LogP contribution in [0.25, 0.3) is 0 Å². The highest BCUT2D eigenvalue weighted by atomic mass is 16.5. The molecule has 1 aliphatic rings. The van der Waals surface area contributed by atoms with Gasteiger partial charge in [0.1, 0.15) is 5.82 Å². The second-order valence-corrected chi connectivity index (χ2v) is 5.04. The van der Waals surface area contributed by atoms with Crippen LogP contribution in [-0.2, 0) is 17.8 Å². The number of ether oxygens (including phenoxy) is 1. The quantitative estimate of drug-likeness (QED) is 0.890. The molecule has 0 spiro atoms. The van der Waals surface area contributed by atoms with Gasteiger partial charge in [-0.15, -0.1) is 0 Å². The maximum absolute atomic E-state index is 5.55. The minimum atomic E-state index is 0.650. The fourth-order valence-electron chi connectivity index (χ4n) is 2.38. The molecule has 98 valence electrons. The third-order valence-electron chi connectivity index (χ3n) is 3.42. The molecule has 2 aromatic rings. The van der Waals surface area contributed by atoms with Crippen LogP contribution in [0.4, 0.5) is 11.5 Å². The van der Waals surface area contributed by atoms with Crippen molar-refractivity contribution in [3.63, 3.8) is 0 Å². The van der Waals surface area contributed by atoms with E-state index in [0.29, 0.717) is 6.61 Å². The molecule has 0 saturated heterocycles. The fraction of sp³-hybridized carbons (Fsp3) is 0.312. The molecule has 0 saturated carbocycles. The molecule has 0 atom stereocenters. The van der Waals surface area contributed by atoms with Gasteiger partial charge in [-0.05, 0) is 44.0 Å². The topological polar surface area (TPSA) is 34.2 Å². The highest BCUT2D eigenvalue weighted by molar-refractivity contribution is 5.61. The molecule has 1 aromatic heterocycles. The molecule has 19 heavy (non-hydrogen) atoms. The lowest BCUT2D eigenvalue weighted by Crippen LogP contribution is -2.13. The van der Waals surface area contributed by atoms with Crippen LogP contribution in [0.5, 0.6) is 0 Å². The van der Waals surface area contributed by atoms with Crippen molar-refractivity contribution in [1.29, 1.82) is 0 Å². The van der Waals surface area contributed by atoms with Crippen LogP contribution >= 0.6 is 0 Å². The van der Waals surface area contributed by atoms with Crippen LogP contribution in [0, 0.1) is 13.8 Å². The Morgan fingerprint density at radius 3 is 2.74 bits per heavy atom. The molecule has 3 rings (SSSR count). The molecule has 0 unspecified atom stereocenters. The molecule has 3 nitrogen and oxygen atoms in total. The first kappa shape index (κ1) is 12.2. The number of anilines is 2. The van der Waals surface area contributed by atoms with E-state index in [4.69, 9.17) is 4.74 Å². The molecule has 1 aliphatic heterocycles. The van der Waals surface area contributed by atoms with Crippen molar-refractivity contribution in [2.75, 3.05) is 11.9 Å². The number of nitrogens with zero attached hydrogens (tertiary/aromatic N) is 1. The largest absolute Gasteiger partial charge is 0.376 e. The molecule has 1 N–H and O–H groups in total. The van der Waals surface area contributed by atoms with E-state index in [1.807, 2.05) is 6.92 Å². The Balaban J connectivity index is 1.95. The standard InChI is InChI=1S/C16H18N2O/c1-11-3-5-14(6-4-11)18-16-15-10-19-8-7-13(15)9-12(2)17-16/h3-6,9H,7-8,10H2,1-2H3,(H,17,18). The number of pyridine rings is 1. The fourth-order valence-corrected chi connectivity index (χ4v) is 2.38. The zero-order valence-corrected chi connectivity index (χ0v) is 11.4. The summed E-state index contributed by atoms with van der Waals surface area (Å²) in [6, 6.07) is 10.5. The molecular weight excluding hydrogens is 236 g/mol. The molecule has 0 radical (unpaired) electrons. The second kappa shape index (κ2) is 5.02. The minimum Gasteiger partial charge on any atom is -0.376 e. The predicted octanol–water partition coefficient (Wildman–Crippen LogP) is 3.51. The number of hydrogen-bond acceptors (Lipinski definition) is 3. The Kier molecular flexibility index (Phi) is 3.22. The molecule has 0 bridgehead atoms. The summed E-state index contributed by atoms with van der Waals surface area (Å²) in [6.07, 6.45) is 0.973. The zero-order chi connectivity index (χ0) is 13.2. The van der Waals surface area contributed by atoms with Gasteiger partial charge in [0.25, 0.3) is 0 Å². The van der Waals surface area contributed by atoms with Crippen molar-refractivity contribution in [3.05, 3.63) is 52.7 Å². The summed E-state index contributed by atoms with van der Waals surface area (Å²) in [5, 5.41) is 3.41. The van der Waals surface area contributed by atoms with E-state index in [0.717, 1.165) is 30.2 Å². The monoisotopic (exact) mass is 254 g/mol. The van der Waals surface area contributed by atoms with E-state index < -0.39 is 0 Å². The Morgan fingerprint density at radius 2 is 1.95 bits per heavy atom. The minimum absolute atomic E-state index is 0.650.